The summed E-state index contributed by atoms with van der Waals surface area (Å²) in [6, 6.07) is 8.61. The Morgan fingerprint density at radius 2 is 2.31 bits per heavy atom. The minimum absolute atomic E-state index is 0.309. The van der Waals surface area contributed by atoms with Gasteiger partial charge in [0, 0.05) is 21.2 Å². The van der Waals surface area contributed by atoms with Crippen LogP contribution >= 0.6 is 27.7 Å². The number of halogens is 1. The third kappa shape index (κ3) is 4.16. The van der Waals surface area contributed by atoms with Crippen LogP contribution in [0.3, 0.4) is 0 Å². The predicted molar refractivity (Wildman–Crippen MR) is 63.1 cm³/mol. The van der Waals surface area contributed by atoms with Crippen LogP contribution in [0, 0.1) is 0 Å². The van der Waals surface area contributed by atoms with E-state index in [4.69, 9.17) is 5.73 Å². The third-order valence-electron chi connectivity index (χ3n) is 1.78. The van der Waals surface area contributed by atoms with Gasteiger partial charge in [-0.25, -0.2) is 0 Å². The normalized spacial score (nSPS) is 12.8. The summed E-state index contributed by atoms with van der Waals surface area (Å²) >= 11 is 5.25. The van der Waals surface area contributed by atoms with Crippen molar-refractivity contribution in [3.05, 3.63) is 28.7 Å². The SMILES string of the molecule is CC[C@@H](N)CSc1cccc(Br)c1. The van der Waals surface area contributed by atoms with Crippen LogP contribution in [-0.2, 0) is 0 Å². The molecule has 72 valence electrons. The molecule has 2 N–H and O–H groups in total. The van der Waals surface area contributed by atoms with Gasteiger partial charge in [0.05, 0.1) is 0 Å². The summed E-state index contributed by atoms with van der Waals surface area (Å²) in [5.41, 5.74) is 5.83. The quantitative estimate of drug-likeness (QED) is 0.841. The Hall–Kier alpha value is 0.01000. The van der Waals surface area contributed by atoms with Crippen LogP contribution in [0.1, 0.15) is 13.3 Å². The highest BCUT2D eigenvalue weighted by Crippen LogP contribution is 2.22. The summed E-state index contributed by atoms with van der Waals surface area (Å²) in [6.45, 7) is 2.12. The van der Waals surface area contributed by atoms with Gasteiger partial charge in [-0.15, -0.1) is 11.8 Å². The highest BCUT2D eigenvalue weighted by molar-refractivity contribution is 9.10. The Bertz CT molecular complexity index is 265. The molecule has 0 aromatic heterocycles. The lowest BCUT2D eigenvalue weighted by atomic mass is 10.3. The summed E-state index contributed by atoms with van der Waals surface area (Å²) < 4.78 is 1.13. The Balaban J connectivity index is 2.45. The molecule has 0 spiro atoms. The molecule has 3 heteroatoms. The zero-order chi connectivity index (χ0) is 9.68. The van der Waals surface area contributed by atoms with Crippen molar-refractivity contribution in [3.8, 4) is 0 Å². The second-order valence-corrected chi connectivity index (χ2v) is 4.95. The Morgan fingerprint density at radius 3 is 2.92 bits per heavy atom. The minimum atomic E-state index is 0.309. The molecule has 0 radical (unpaired) electrons. The molecular formula is C10H14BrNS. The van der Waals surface area contributed by atoms with Gasteiger partial charge in [0.15, 0.2) is 0 Å². The molecule has 0 saturated carbocycles. The number of nitrogens with two attached hydrogens (primary N) is 1. The fourth-order valence-corrected chi connectivity index (χ4v) is 2.46. The van der Waals surface area contributed by atoms with Gasteiger partial charge in [-0.3, -0.25) is 0 Å². The van der Waals surface area contributed by atoms with Gasteiger partial charge >= 0.3 is 0 Å². The zero-order valence-corrected chi connectivity index (χ0v) is 10.1. The lowest BCUT2D eigenvalue weighted by Gasteiger charge is -2.07. The first-order valence-corrected chi connectivity index (χ1v) is 6.14. The number of thioether (sulfide) groups is 1. The first-order chi connectivity index (χ1) is 6.22. The van der Waals surface area contributed by atoms with Crippen LogP contribution in [0.25, 0.3) is 0 Å². The van der Waals surface area contributed by atoms with Crippen LogP contribution in [0.4, 0.5) is 0 Å². The second-order valence-electron chi connectivity index (χ2n) is 2.94. The summed E-state index contributed by atoms with van der Waals surface area (Å²) in [6.07, 6.45) is 1.04. The van der Waals surface area contributed by atoms with Gasteiger partial charge in [-0.1, -0.05) is 28.9 Å². The topological polar surface area (TPSA) is 26.0 Å². The standard InChI is InChI=1S/C10H14BrNS/c1-2-9(12)7-13-10-5-3-4-8(11)6-10/h3-6,9H,2,7,12H2,1H3/t9-/m1/s1. The van der Waals surface area contributed by atoms with Gasteiger partial charge in [0.2, 0.25) is 0 Å². The van der Waals surface area contributed by atoms with Gasteiger partial charge in [-0.05, 0) is 24.6 Å². The largest absolute Gasteiger partial charge is 0.327 e. The zero-order valence-electron chi connectivity index (χ0n) is 7.66. The van der Waals surface area contributed by atoms with E-state index in [9.17, 15) is 0 Å². The lowest BCUT2D eigenvalue weighted by Crippen LogP contribution is -2.21. The maximum absolute atomic E-state index is 5.83. The fourth-order valence-electron chi connectivity index (χ4n) is 0.878. The van der Waals surface area contributed by atoms with Crippen molar-refractivity contribution in [2.75, 3.05) is 5.75 Å². The molecular weight excluding hydrogens is 246 g/mol. The van der Waals surface area contributed by atoms with Crippen LogP contribution in [-0.4, -0.2) is 11.8 Å². The molecule has 0 aliphatic rings. The van der Waals surface area contributed by atoms with Gasteiger partial charge in [-0.2, -0.15) is 0 Å². The first-order valence-electron chi connectivity index (χ1n) is 4.36. The molecule has 0 aliphatic heterocycles. The van der Waals surface area contributed by atoms with E-state index in [0.717, 1.165) is 16.6 Å². The Labute approximate surface area is 92.2 Å². The van der Waals surface area contributed by atoms with E-state index in [1.807, 2.05) is 23.9 Å². The molecule has 1 atom stereocenters. The molecule has 0 unspecified atom stereocenters. The van der Waals surface area contributed by atoms with Crippen molar-refractivity contribution < 1.29 is 0 Å². The van der Waals surface area contributed by atoms with Crippen molar-refractivity contribution in [1.82, 2.24) is 0 Å². The average Bonchev–Trinajstić information content (AvgIpc) is 2.14. The van der Waals surface area contributed by atoms with E-state index in [-0.39, 0.29) is 0 Å². The molecule has 13 heavy (non-hydrogen) atoms. The van der Waals surface area contributed by atoms with Crippen LogP contribution in [0.2, 0.25) is 0 Å². The maximum atomic E-state index is 5.83. The van der Waals surface area contributed by atoms with Crippen molar-refractivity contribution in [2.45, 2.75) is 24.3 Å². The first kappa shape index (κ1) is 11.1. The summed E-state index contributed by atoms with van der Waals surface area (Å²) in [7, 11) is 0. The monoisotopic (exact) mass is 259 g/mol. The van der Waals surface area contributed by atoms with E-state index in [1.165, 1.54) is 4.90 Å². The van der Waals surface area contributed by atoms with Gasteiger partial charge in [0.25, 0.3) is 0 Å². The predicted octanol–water partition coefficient (Wildman–Crippen LogP) is 3.28. The molecule has 0 bridgehead atoms. The van der Waals surface area contributed by atoms with Crippen molar-refractivity contribution in [2.24, 2.45) is 5.73 Å². The highest BCUT2D eigenvalue weighted by atomic mass is 79.9. The third-order valence-corrected chi connectivity index (χ3v) is 3.46. The second kappa shape index (κ2) is 5.68. The van der Waals surface area contributed by atoms with E-state index < -0.39 is 0 Å². The molecule has 0 fully saturated rings. The molecule has 1 aromatic carbocycles. The van der Waals surface area contributed by atoms with Crippen LogP contribution in [0.15, 0.2) is 33.6 Å². The van der Waals surface area contributed by atoms with Gasteiger partial charge in [0.1, 0.15) is 0 Å². The molecule has 0 saturated heterocycles. The van der Waals surface area contributed by atoms with Crippen LogP contribution in [0.5, 0.6) is 0 Å². The van der Waals surface area contributed by atoms with E-state index in [0.29, 0.717) is 6.04 Å². The van der Waals surface area contributed by atoms with Crippen molar-refractivity contribution >= 4 is 27.7 Å². The lowest BCUT2D eigenvalue weighted by molar-refractivity contribution is 0.725. The summed E-state index contributed by atoms with van der Waals surface area (Å²) in [4.78, 5) is 1.28. The molecule has 0 aliphatic carbocycles. The molecule has 1 rings (SSSR count). The fraction of sp³-hybridized carbons (Fsp3) is 0.400. The number of hydrogen-bond donors (Lipinski definition) is 1. The number of rotatable bonds is 4. The average molecular weight is 260 g/mol. The Kier molecular flexibility index (Phi) is 4.84. The highest BCUT2D eigenvalue weighted by Gasteiger charge is 2.00. The maximum Gasteiger partial charge on any atom is 0.0186 e. The minimum Gasteiger partial charge on any atom is -0.327 e. The summed E-state index contributed by atoms with van der Waals surface area (Å²) in [5, 5.41) is 0. The molecule has 0 amide bonds. The van der Waals surface area contributed by atoms with Crippen LogP contribution < -0.4 is 5.73 Å². The molecule has 1 aromatic rings. The van der Waals surface area contributed by atoms with E-state index in [2.05, 4.69) is 35.0 Å². The molecule has 0 heterocycles. The van der Waals surface area contributed by atoms with E-state index >= 15 is 0 Å². The smallest absolute Gasteiger partial charge is 0.0186 e. The Morgan fingerprint density at radius 1 is 1.54 bits per heavy atom. The van der Waals surface area contributed by atoms with Gasteiger partial charge < -0.3 is 5.73 Å². The van der Waals surface area contributed by atoms with Crippen molar-refractivity contribution in [3.63, 3.8) is 0 Å². The number of hydrogen-bond acceptors (Lipinski definition) is 2. The summed E-state index contributed by atoms with van der Waals surface area (Å²) in [5.74, 6) is 0.993. The van der Waals surface area contributed by atoms with Crippen molar-refractivity contribution in [1.29, 1.82) is 0 Å². The number of benzene rings is 1. The molecule has 1 nitrogen and oxygen atoms in total. The van der Waals surface area contributed by atoms with E-state index in [1.54, 1.807) is 0 Å².